The quantitative estimate of drug-likeness (QED) is 0.399. The number of benzene rings is 1. The van der Waals surface area contributed by atoms with Crippen LogP contribution in [0.5, 0.6) is 0 Å². The lowest BCUT2D eigenvalue weighted by atomic mass is 10.1. The minimum atomic E-state index is -0.358. The summed E-state index contributed by atoms with van der Waals surface area (Å²) < 4.78 is 7.22. The van der Waals surface area contributed by atoms with Crippen LogP contribution in [0.1, 0.15) is 41.1 Å². The van der Waals surface area contributed by atoms with E-state index >= 15 is 0 Å². The fourth-order valence-electron chi connectivity index (χ4n) is 3.69. The molecule has 2 aromatic heterocycles. The average Bonchev–Trinajstić information content (AvgIpc) is 3.47. The molecule has 1 aliphatic rings. The van der Waals surface area contributed by atoms with E-state index in [4.69, 9.17) is 4.74 Å². The van der Waals surface area contributed by atoms with Crippen molar-refractivity contribution in [1.82, 2.24) is 14.8 Å². The van der Waals surface area contributed by atoms with Crippen molar-refractivity contribution in [3.63, 3.8) is 0 Å². The lowest BCUT2D eigenvalue weighted by Gasteiger charge is -2.09. The molecule has 0 bridgehead atoms. The summed E-state index contributed by atoms with van der Waals surface area (Å²) in [6.45, 7) is 4.82. The number of amides is 1. The third kappa shape index (κ3) is 4.52. The van der Waals surface area contributed by atoms with Crippen molar-refractivity contribution in [2.45, 2.75) is 44.8 Å². The van der Waals surface area contributed by atoms with E-state index in [1.165, 1.54) is 28.0 Å². The first-order valence-corrected chi connectivity index (χ1v) is 12.2. The number of hydrogen-bond acceptors (Lipinski definition) is 7. The molecule has 0 fully saturated rings. The highest BCUT2D eigenvalue weighted by Gasteiger charge is 2.28. The van der Waals surface area contributed by atoms with Gasteiger partial charge in [0.25, 0.3) is 0 Å². The number of aromatic nitrogens is 3. The molecule has 1 N–H and O–H groups in total. The molecular formula is C22H24N4O3S2. The highest BCUT2D eigenvalue weighted by molar-refractivity contribution is 7.99. The van der Waals surface area contributed by atoms with Gasteiger partial charge in [0.15, 0.2) is 11.0 Å². The van der Waals surface area contributed by atoms with Gasteiger partial charge in [0.2, 0.25) is 5.91 Å². The van der Waals surface area contributed by atoms with E-state index in [1.807, 2.05) is 41.8 Å². The van der Waals surface area contributed by atoms with E-state index in [0.717, 1.165) is 36.2 Å². The predicted octanol–water partition coefficient (Wildman–Crippen LogP) is 4.42. The Morgan fingerprint density at radius 3 is 2.74 bits per heavy atom. The SMILES string of the molecule is CCOC(=O)c1c(NC(=O)CSc2nnc(-c3ccccc3)n2CC)sc2c1CCC2. The number of thioether (sulfide) groups is 1. The van der Waals surface area contributed by atoms with Crippen LogP contribution in [0, 0.1) is 0 Å². The van der Waals surface area contributed by atoms with Gasteiger partial charge in [-0.2, -0.15) is 0 Å². The van der Waals surface area contributed by atoms with Crippen LogP contribution in [0.25, 0.3) is 11.4 Å². The number of hydrogen-bond donors (Lipinski definition) is 1. The van der Waals surface area contributed by atoms with E-state index < -0.39 is 0 Å². The molecule has 162 valence electrons. The second-order valence-corrected chi connectivity index (χ2v) is 9.08. The van der Waals surface area contributed by atoms with Crippen LogP contribution in [0.15, 0.2) is 35.5 Å². The molecule has 0 atom stereocenters. The predicted molar refractivity (Wildman–Crippen MR) is 123 cm³/mol. The van der Waals surface area contributed by atoms with Crippen molar-refractivity contribution in [2.24, 2.45) is 0 Å². The van der Waals surface area contributed by atoms with Crippen molar-refractivity contribution in [1.29, 1.82) is 0 Å². The molecule has 7 nitrogen and oxygen atoms in total. The van der Waals surface area contributed by atoms with Gasteiger partial charge in [-0.15, -0.1) is 21.5 Å². The number of rotatable bonds is 8. The molecule has 0 radical (unpaired) electrons. The van der Waals surface area contributed by atoms with Crippen LogP contribution in [0.3, 0.4) is 0 Å². The van der Waals surface area contributed by atoms with E-state index in [2.05, 4.69) is 15.5 Å². The summed E-state index contributed by atoms with van der Waals surface area (Å²) in [6.07, 6.45) is 2.83. The molecule has 31 heavy (non-hydrogen) atoms. The van der Waals surface area contributed by atoms with E-state index in [1.54, 1.807) is 6.92 Å². The molecule has 2 heterocycles. The molecule has 0 unspecified atom stereocenters. The first-order chi connectivity index (χ1) is 15.1. The molecule has 1 aliphatic carbocycles. The molecule has 0 saturated carbocycles. The maximum Gasteiger partial charge on any atom is 0.341 e. The Bertz CT molecular complexity index is 1090. The van der Waals surface area contributed by atoms with E-state index in [0.29, 0.717) is 28.9 Å². The van der Waals surface area contributed by atoms with Crippen molar-refractivity contribution >= 4 is 40.0 Å². The lowest BCUT2D eigenvalue weighted by Crippen LogP contribution is -2.17. The van der Waals surface area contributed by atoms with Crippen molar-refractivity contribution < 1.29 is 14.3 Å². The zero-order chi connectivity index (χ0) is 21.8. The monoisotopic (exact) mass is 456 g/mol. The zero-order valence-corrected chi connectivity index (χ0v) is 19.1. The van der Waals surface area contributed by atoms with Gasteiger partial charge in [-0.3, -0.25) is 4.79 Å². The van der Waals surface area contributed by atoms with Crippen LogP contribution < -0.4 is 5.32 Å². The van der Waals surface area contributed by atoms with Gasteiger partial charge in [-0.25, -0.2) is 4.79 Å². The van der Waals surface area contributed by atoms with Gasteiger partial charge >= 0.3 is 5.97 Å². The smallest absolute Gasteiger partial charge is 0.341 e. The number of aryl methyl sites for hydroxylation is 1. The Kier molecular flexibility index (Phi) is 6.72. The highest BCUT2D eigenvalue weighted by Crippen LogP contribution is 2.39. The normalized spacial score (nSPS) is 12.6. The van der Waals surface area contributed by atoms with Crippen LogP contribution in [0.4, 0.5) is 5.00 Å². The summed E-state index contributed by atoms with van der Waals surface area (Å²) in [5, 5.41) is 12.8. The summed E-state index contributed by atoms with van der Waals surface area (Å²) in [4.78, 5) is 26.3. The van der Waals surface area contributed by atoms with Crippen LogP contribution in [0.2, 0.25) is 0 Å². The van der Waals surface area contributed by atoms with Crippen LogP contribution in [-0.2, 0) is 28.9 Å². The lowest BCUT2D eigenvalue weighted by molar-refractivity contribution is -0.113. The molecule has 9 heteroatoms. The van der Waals surface area contributed by atoms with E-state index in [9.17, 15) is 9.59 Å². The molecule has 3 aromatic rings. The Morgan fingerprint density at radius 2 is 2.00 bits per heavy atom. The fourth-order valence-corrected chi connectivity index (χ4v) is 5.78. The number of anilines is 1. The number of fused-ring (bicyclic) bond motifs is 1. The summed E-state index contributed by atoms with van der Waals surface area (Å²) >= 11 is 2.82. The molecule has 0 aliphatic heterocycles. The molecule has 1 amide bonds. The molecule has 1 aromatic carbocycles. The second kappa shape index (κ2) is 9.65. The Hall–Kier alpha value is -2.65. The number of nitrogens with one attached hydrogen (secondary N) is 1. The van der Waals surface area contributed by atoms with Crippen molar-refractivity contribution in [3.05, 3.63) is 46.3 Å². The zero-order valence-electron chi connectivity index (χ0n) is 17.5. The molecule has 0 spiro atoms. The summed E-state index contributed by atoms with van der Waals surface area (Å²) in [5.74, 6) is 0.424. The fraction of sp³-hybridized carbons (Fsp3) is 0.364. The third-order valence-corrected chi connectivity index (χ3v) is 7.23. The van der Waals surface area contributed by atoms with Gasteiger partial charge in [0.1, 0.15) is 5.00 Å². The number of nitrogens with zero attached hydrogens (tertiary/aromatic N) is 3. The second-order valence-electron chi connectivity index (χ2n) is 7.04. The van der Waals surface area contributed by atoms with Crippen molar-refractivity contribution in [2.75, 3.05) is 17.7 Å². The Labute approximate surface area is 189 Å². The summed E-state index contributed by atoms with van der Waals surface area (Å²) in [5.41, 5.74) is 2.55. The number of carbonyl (C=O) groups is 2. The van der Waals surface area contributed by atoms with Gasteiger partial charge in [0.05, 0.1) is 17.9 Å². The minimum Gasteiger partial charge on any atom is -0.462 e. The largest absolute Gasteiger partial charge is 0.462 e. The molecule has 0 saturated heterocycles. The summed E-state index contributed by atoms with van der Waals surface area (Å²) in [6, 6.07) is 9.86. The van der Waals surface area contributed by atoms with Crippen LogP contribution in [-0.4, -0.2) is 39.0 Å². The topological polar surface area (TPSA) is 86.1 Å². The Morgan fingerprint density at radius 1 is 1.19 bits per heavy atom. The van der Waals surface area contributed by atoms with Gasteiger partial charge < -0.3 is 14.6 Å². The number of ether oxygens (including phenoxy) is 1. The highest BCUT2D eigenvalue weighted by atomic mass is 32.2. The number of carbonyl (C=O) groups excluding carboxylic acids is 2. The standard InChI is InChI=1S/C22H24N4O3S2/c1-3-26-19(14-9-6-5-7-10-14)24-25-22(26)30-13-17(27)23-20-18(21(28)29-4-2)15-11-8-12-16(15)31-20/h5-7,9-10H,3-4,8,11-13H2,1-2H3,(H,23,27). The molecule has 4 rings (SSSR count). The van der Waals surface area contributed by atoms with Gasteiger partial charge in [-0.05, 0) is 38.7 Å². The maximum atomic E-state index is 12.7. The Balaban J connectivity index is 1.46. The summed E-state index contributed by atoms with van der Waals surface area (Å²) in [7, 11) is 0. The first-order valence-electron chi connectivity index (χ1n) is 10.3. The van der Waals surface area contributed by atoms with Gasteiger partial charge in [0, 0.05) is 17.0 Å². The first kappa shape index (κ1) is 21.6. The van der Waals surface area contributed by atoms with Crippen LogP contribution >= 0.6 is 23.1 Å². The average molecular weight is 457 g/mol. The number of thiophene rings is 1. The maximum absolute atomic E-state index is 12.7. The number of esters is 1. The minimum absolute atomic E-state index is 0.178. The third-order valence-electron chi connectivity index (χ3n) is 5.05. The van der Waals surface area contributed by atoms with E-state index in [-0.39, 0.29) is 17.6 Å². The van der Waals surface area contributed by atoms with Gasteiger partial charge in [-0.1, -0.05) is 42.1 Å². The van der Waals surface area contributed by atoms with Crippen molar-refractivity contribution in [3.8, 4) is 11.4 Å². The molecular weight excluding hydrogens is 432 g/mol.